The van der Waals surface area contributed by atoms with E-state index < -0.39 is 24.3 Å². The second-order valence-electron chi connectivity index (χ2n) is 6.48. The minimum absolute atomic E-state index is 0.0832. The molecule has 1 N–H and O–H groups in total. The molecule has 0 fully saturated rings. The number of hydrogen-bond acceptors (Lipinski definition) is 4. The Hall–Kier alpha value is -3.93. The van der Waals surface area contributed by atoms with Gasteiger partial charge in [0.05, 0.1) is 18.3 Å². The highest BCUT2D eigenvalue weighted by Gasteiger charge is 2.29. The predicted molar refractivity (Wildman–Crippen MR) is 108 cm³/mol. The van der Waals surface area contributed by atoms with Crippen molar-refractivity contribution >= 4 is 23.1 Å². The van der Waals surface area contributed by atoms with Crippen LogP contribution >= 0.6 is 0 Å². The summed E-state index contributed by atoms with van der Waals surface area (Å²) in [6.07, 6.45) is 4.14. The number of carboxylic acids is 1. The van der Waals surface area contributed by atoms with Crippen LogP contribution in [0.1, 0.15) is 16.7 Å². The van der Waals surface area contributed by atoms with Crippen molar-refractivity contribution in [3.8, 4) is 18.1 Å². The van der Waals surface area contributed by atoms with Gasteiger partial charge in [-0.25, -0.2) is 4.79 Å². The van der Waals surface area contributed by atoms with Gasteiger partial charge in [0, 0.05) is 22.7 Å². The molecule has 31 heavy (non-hydrogen) atoms. The summed E-state index contributed by atoms with van der Waals surface area (Å²) in [5, 5.41) is 13.0. The number of nitrogens with zero attached hydrogens (tertiary/aromatic N) is 2. The van der Waals surface area contributed by atoms with Gasteiger partial charge in [-0.1, -0.05) is 23.2 Å². The maximum atomic E-state index is 12.7. The summed E-state index contributed by atoms with van der Waals surface area (Å²) < 4.78 is 45.5. The van der Waals surface area contributed by atoms with Crippen LogP contribution in [-0.4, -0.2) is 28.5 Å². The van der Waals surface area contributed by atoms with E-state index in [1.165, 1.54) is 18.3 Å². The van der Waals surface area contributed by atoms with Crippen LogP contribution in [0.15, 0.2) is 53.8 Å². The average Bonchev–Trinajstić information content (AvgIpc) is 3.06. The van der Waals surface area contributed by atoms with Crippen LogP contribution < -0.4 is 4.74 Å². The van der Waals surface area contributed by atoms with E-state index >= 15 is 0 Å². The summed E-state index contributed by atoms with van der Waals surface area (Å²) in [7, 11) is 0. The van der Waals surface area contributed by atoms with Crippen molar-refractivity contribution in [2.75, 3.05) is 6.61 Å². The molecule has 0 amide bonds. The van der Waals surface area contributed by atoms with Crippen LogP contribution in [0, 0.1) is 12.3 Å². The smallest absolute Gasteiger partial charge is 0.416 e. The molecular formula is C22H17F3N2O4. The Morgan fingerprint density at radius 2 is 1.97 bits per heavy atom. The summed E-state index contributed by atoms with van der Waals surface area (Å²) in [4.78, 5) is 15.2. The van der Waals surface area contributed by atoms with Crippen molar-refractivity contribution < 1.29 is 32.6 Å². The molecule has 1 heterocycles. The molecule has 0 aliphatic carbocycles. The third kappa shape index (κ3) is 5.57. The summed E-state index contributed by atoms with van der Waals surface area (Å²) in [6.45, 7) is -0.174. The first-order valence-corrected chi connectivity index (χ1v) is 9.00. The molecule has 9 heteroatoms. The van der Waals surface area contributed by atoms with Gasteiger partial charge in [0.2, 0.25) is 6.61 Å². The third-order valence-corrected chi connectivity index (χ3v) is 4.29. The van der Waals surface area contributed by atoms with Gasteiger partial charge in [0.15, 0.2) is 0 Å². The standard InChI is InChI=1S/C22H17F3N2O4/c1-2-9-27-12-16(11-26-31-14-21(28)29)19-10-18(7-8-20(19)27)30-13-15-3-5-17(6-4-15)22(23,24)25/h1,3-8,10-12H,9,13-14H2,(H,28,29). The summed E-state index contributed by atoms with van der Waals surface area (Å²) in [6, 6.07) is 10.0. The molecule has 3 aromatic rings. The van der Waals surface area contributed by atoms with Gasteiger partial charge < -0.3 is 19.2 Å². The molecule has 2 aromatic carbocycles. The lowest BCUT2D eigenvalue weighted by molar-refractivity contribution is -0.142. The first-order chi connectivity index (χ1) is 14.8. The zero-order valence-electron chi connectivity index (χ0n) is 16.1. The molecule has 0 atom stereocenters. The first kappa shape index (κ1) is 21.8. The van der Waals surface area contributed by atoms with E-state index in [-0.39, 0.29) is 6.61 Å². The quantitative estimate of drug-likeness (QED) is 0.328. The van der Waals surface area contributed by atoms with E-state index in [2.05, 4.69) is 11.1 Å². The number of terminal acetylenes is 1. The van der Waals surface area contributed by atoms with Crippen LogP contribution in [0.5, 0.6) is 5.75 Å². The fourth-order valence-electron chi connectivity index (χ4n) is 2.87. The van der Waals surface area contributed by atoms with Crippen molar-refractivity contribution in [3.63, 3.8) is 0 Å². The number of carboxylic acid groups (broad SMARTS) is 1. The largest absolute Gasteiger partial charge is 0.489 e. The maximum absolute atomic E-state index is 12.7. The summed E-state index contributed by atoms with van der Waals surface area (Å²) in [5.41, 5.74) is 1.30. The summed E-state index contributed by atoms with van der Waals surface area (Å²) in [5.74, 6) is 1.89. The normalized spacial score (nSPS) is 11.5. The van der Waals surface area contributed by atoms with E-state index in [1.807, 2.05) is 4.57 Å². The Labute approximate surface area is 175 Å². The van der Waals surface area contributed by atoms with E-state index in [9.17, 15) is 18.0 Å². The summed E-state index contributed by atoms with van der Waals surface area (Å²) >= 11 is 0. The van der Waals surface area contributed by atoms with Crippen molar-refractivity contribution in [1.82, 2.24) is 4.57 Å². The zero-order chi connectivity index (χ0) is 22.4. The molecule has 0 bridgehead atoms. The lowest BCUT2D eigenvalue weighted by Gasteiger charge is -2.09. The molecule has 0 radical (unpaired) electrons. The van der Waals surface area contributed by atoms with E-state index in [4.69, 9.17) is 21.1 Å². The number of rotatable bonds is 8. The van der Waals surface area contributed by atoms with E-state index in [1.54, 1.807) is 24.4 Å². The van der Waals surface area contributed by atoms with Crippen molar-refractivity contribution in [2.45, 2.75) is 19.3 Å². The molecule has 0 aliphatic heterocycles. The Bertz CT molecular complexity index is 1140. The molecule has 1 aromatic heterocycles. The Balaban J connectivity index is 1.79. The number of alkyl halides is 3. The number of ether oxygens (including phenoxy) is 1. The molecule has 3 rings (SSSR count). The van der Waals surface area contributed by atoms with Crippen LogP contribution in [0.3, 0.4) is 0 Å². The zero-order valence-corrected chi connectivity index (χ0v) is 16.1. The molecule has 0 saturated carbocycles. The van der Waals surface area contributed by atoms with Crippen molar-refractivity contribution in [2.24, 2.45) is 5.16 Å². The molecule has 0 saturated heterocycles. The van der Waals surface area contributed by atoms with Gasteiger partial charge in [-0.3, -0.25) is 0 Å². The molecule has 160 valence electrons. The van der Waals surface area contributed by atoms with Crippen molar-refractivity contribution in [3.05, 3.63) is 65.4 Å². The van der Waals surface area contributed by atoms with Crippen LogP contribution in [-0.2, 0) is 29.0 Å². The van der Waals surface area contributed by atoms with Gasteiger partial charge in [0.1, 0.15) is 12.4 Å². The third-order valence-electron chi connectivity index (χ3n) is 4.29. The fraction of sp³-hybridized carbons (Fsp3) is 0.182. The number of halogens is 3. The molecule has 0 spiro atoms. The van der Waals surface area contributed by atoms with Crippen molar-refractivity contribution in [1.29, 1.82) is 0 Å². The van der Waals surface area contributed by atoms with Gasteiger partial charge in [0.25, 0.3) is 0 Å². The van der Waals surface area contributed by atoms with Crippen LogP contribution in [0.4, 0.5) is 13.2 Å². The average molecular weight is 430 g/mol. The van der Waals surface area contributed by atoms with Crippen LogP contribution in [0.2, 0.25) is 0 Å². The monoisotopic (exact) mass is 430 g/mol. The number of aliphatic carboxylic acids is 1. The highest BCUT2D eigenvalue weighted by atomic mass is 19.4. The Kier molecular flexibility index (Phi) is 6.50. The number of benzene rings is 2. The van der Waals surface area contributed by atoms with E-state index in [0.29, 0.717) is 23.4 Å². The molecule has 0 unspecified atom stereocenters. The Morgan fingerprint density at radius 1 is 1.23 bits per heavy atom. The second kappa shape index (κ2) is 9.26. The van der Waals surface area contributed by atoms with E-state index in [0.717, 1.165) is 23.0 Å². The fourth-order valence-corrected chi connectivity index (χ4v) is 2.87. The molecule has 0 aliphatic rings. The number of oxime groups is 1. The minimum Gasteiger partial charge on any atom is -0.489 e. The topological polar surface area (TPSA) is 73.1 Å². The number of hydrogen-bond donors (Lipinski definition) is 1. The number of fused-ring (bicyclic) bond motifs is 1. The van der Waals surface area contributed by atoms with Crippen LogP contribution in [0.25, 0.3) is 10.9 Å². The molecule has 6 nitrogen and oxygen atoms in total. The van der Waals surface area contributed by atoms with Gasteiger partial charge in [-0.05, 0) is 35.9 Å². The highest BCUT2D eigenvalue weighted by molar-refractivity contribution is 6.00. The lowest BCUT2D eigenvalue weighted by Crippen LogP contribution is -2.05. The van der Waals surface area contributed by atoms with Gasteiger partial charge in [-0.2, -0.15) is 13.2 Å². The minimum atomic E-state index is -4.39. The first-order valence-electron chi connectivity index (χ1n) is 9.00. The Morgan fingerprint density at radius 3 is 2.61 bits per heavy atom. The number of carbonyl (C=O) groups is 1. The maximum Gasteiger partial charge on any atom is 0.416 e. The SMILES string of the molecule is C#CCn1cc(C=NOCC(=O)O)c2cc(OCc3ccc(C(F)(F)F)cc3)ccc21. The molecular weight excluding hydrogens is 413 g/mol. The predicted octanol–water partition coefficient (Wildman–Crippen LogP) is 4.31. The van der Waals surface area contributed by atoms with Gasteiger partial charge >= 0.3 is 12.1 Å². The van der Waals surface area contributed by atoms with Gasteiger partial charge in [-0.15, -0.1) is 6.42 Å². The highest BCUT2D eigenvalue weighted by Crippen LogP contribution is 2.30. The lowest BCUT2D eigenvalue weighted by atomic mass is 10.1. The number of aromatic nitrogens is 1. The second-order valence-corrected chi connectivity index (χ2v) is 6.48.